The Kier molecular flexibility index (Phi) is 4.32. The molecule has 0 bridgehead atoms. The Labute approximate surface area is 171 Å². The van der Waals surface area contributed by atoms with Gasteiger partial charge in [-0.15, -0.1) is 0 Å². The number of benzene rings is 2. The third kappa shape index (κ3) is 2.98. The quantitative estimate of drug-likeness (QED) is 0.503. The van der Waals surface area contributed by atoms with E-state index in [-0.39, 0.29) is 11.7 Å². The van der Waals surface area contributed by atoms with E-state index in [2.05, 4.69) is 5.10 Å². The van der Waals surface area contributed by atoms with E-state index >= 15 is 0 Å². The van der Waals surface area contributed by atoms with Crippen LogP contribution in [0.5, 0.6) is 11.5 Å². The van der Waals surface area contributed by atoms with E-state index in [4.69, 9.17) is 14.5 Å². The number of aromatic nitrogens is 3. The second-order valence-corrected chi connectivity index (χ2v) is 8.03. The summed E-state index contributed by atoms with van der Waals surface area (Å²) in [5, 5.41) is 5.29. The van der Waals surface area contributed by atoms with Gasteiger partial charge in [-0.2, -0.15) is 5.10 Å². The van der Waals surface area contributed by atoms with Crippen LogP contribution in [0.15, 0.2) is 48.7 Å². The van der Waals surface area contributed by atoms with Gasteiger partial charge in [0.1, 0.15) is 0 Å². The number of nitrogens with zero attached hydrogens (tertiary/aromatic N) is 3. The smallest absolute Gasteiger partial charge is 0.211 e. The summed E-state index contributed by atoms with van der Waals surface area (Å²) >= 11 is 1.58. The minimum absolute atomic E-state index is 0.0552. The molecule has 0 fully saturated rings. The van der Waals surface area contributed by atoms with Crippen molar-refractivity contribution in [1.82, 2.24) is 14.8 Å². The Morgan fingerprint density at radius 2 is 1.90 bits per heavy atom. The summed E-state index contributed by atoms with van der Waals surface area (Å²) in [6, 6.07) is 13.9. The molecule has 7 heteroatoms. The van der Waals surface area contributed by atoms with Crippen molar-refractivity contribution in [2.75, 3.05) is 14.2 Å². The van der Waals surface area contributed by atoms with Crippen LogP contribution in [0.2, 0.25) is 0 Å². The zero-order valence-electron chi connectivity index (χ0n) is 16.1. The summed E-state index contributed by atoms with van der Waals surface area (Å²) in [4.78, 5) is 17.5. The van der Waals surface area contributed by atoms with Crippen molar-refractivity contribution in [3.8, 4) is 16.6 Å². The predicted octanol–water partition coefficient (Wildman–Crippen LogP) is 4.41. The maximum absolute atomic E-state index is 12.8. The van der Waals surface area contributed by atoms with Gasteiger partial charge >= 0.3 is 0 Å². The van der Waals surface area contributed by atoms with Crippen molar-refractivity contribution in [2.24, 2.45) is 0 Å². The van der Waals surface area contributed by atoms with Crippen molar-refractivity contribution in [1.29, 1.82) is 0 Å². The number of hydrogen-bond acceptors (Lipinski definition) is 6. The first-order valence-electron chi connectivity index (χ1n) is 9.36. The Balaban J connectivity index is 1.54. The SMILES string of the molecule is COc1ccc(C2CC(=O)c3cnn(-c4nc5ccccc5s4)c3C2)cc1OC. The van der Waals surface area contributed by atoms with E-state index in [0.717, 1.165) is 26.6 Å². The topological polar surface area (TPSA) is 66.2 Å². The molecule has 1 atom stereocenters. The maximum atomic E-state index is 12.8. The first-order valence-corrected chi connectivity index (χ1v) is 10.2. The van der Waals surface area contributed by atoms with Gasteiger partial charge in [0.15, 0.2) is 17.3 Å². The highest BCUT2D eigenvalue weighted by Crippen LogP contribution is 2.38. The molecular weight excluding hydrogens is 386 g/mol. The summed E-state index contributed by atoms with van der Waals surface area (Å²) < 4.78 is 13.7. The summed E-state index contributed by atoms with van der Waals surface area (Å²) in [5.41, 5.74) is 3.61. The number of thiazole rings is 1. The number of ether oxygens (including phenoxy) is 2. The third-order valence-electron chi connectivity index (χ3n) is 5.38. The molecular formula is C22H19N3O3S. The van der Waals surface area contributed by atoms with E-state index in [9.17, 15) is 4.79 Å². The summed E-state index contributed by atoms with van der Waals surface area (Å²) in [5.74, 6) is 1.51. The molecule has 0 spiro atoms. The van der Waals surface area contributed by atoms with Crippen LogP contribution in [0.4, 0.5) is 0 Å². The lowest BCUT2D eigenvalue weighted by molar-refractivity contribution is 0.0963. The molecule has 5 rings (SSSR count). The lowest BCUT2D eigenvalue weighted by Crippen LogP contribution is -2.20. The lowest BCUT2D eigenvalue weighted by atomic mass is 9.82. The van der Waals surface area contributed by atoms with Crippen molar-refractivity contribution in [2.45, 2.75) is 18.8 Å². The number of Topliss-reactive ketones (excluding diaryl/α,β-unsaturated/α-hetero) is 1. The minimum Gasteiger partial charge on any atom is -0.493 e. The number of para-hydroxylation sites is 1. The van der Waals surface area contributed by atoms with Crippen LogP contribution in [0.3, 0.4) is 0 Å². The Morgan fingerprint density at radius 1 is 1.07 bits per heavy atom. The number of fused-ring (bicyclic) bond motifs is 2. The molecule has 29 heavy (non-hydrogen) atoms. The monoisotopic (exact) mass is 405 g/mol. The molecule has 1 unspecified atom stereocenters. The van der Waals surface area contributed by atoms with Gasteiger partial charge in [0.05, 0.1) is 41.9 Å². The third-order valence-corrected chi connectivity index (χ3v) is 6.40. The Bertz CT molecular complexity index is 1190. The van der Waals surface area contributed by atoms with E-state index in [1.807, 2.05) is 47.1 Å². The molecule has 146 valence electrons. The number of rotatable bonds is 4. The highest BCUT2D eigenvalue weighted by molar-refractivity contribution is 7.20. The molecule has 1 aliphatic rings. The zero-order chi connectivity index (χ0) is 20.0. The van der Waals surface area contributed by atoms with Gasteiger partial charge < -0.3 is 9.47 Å². The number of carbonyl (C=O) groups is 1. The summed E-state index contributed by atoms with van der Waals surface area (Å²) in [7, 11) is 3.23. The molecule has 0 amide bonds. The average molecular weight is 405 g/mol. The largest absolute Gasteiger partial charge is 0.493 e. The number of hydrogen-bond donors (Lipinski definition) is 0. The van der Waals surface area contributed by atoms with Crippen LogP contribution in [0.25, 0.3) is 15.3 Å². The fraction of sp³-hybridized carbons (Fsp3) is 0.227. The standard InChI is InChI=1S/C22H19N3O3S/c1-27-19-8-7-13(11-20(19)28-2)14-9-17-15(18(26)10-14)12-23-25(17)22-24-16-5-3-4-6-21(16)29-22/h3-8,11-12,14H,9-10H2,1-2H3. The normalized spacial score (nSPS) is 16.1. The zero-order valence-corrected chi connectivity index (χ0v) is 16.9. The van der Waals surface area contributed by atoms with E-state index in [1.165, 1.54) is 0 Å². The van der Waals surface area contributed by atoms with Gasteiger partial charge in [-0.3, -0.25) is 4.79 Å². The second-order valence-electron chi connectivity index (χ2n) is 7.02. The van der Waals surface area contributed by atoms with Crippen molar-refractivity contribution >= 4 is 27.3 Å². The molecule has 0 saturated heterocycles. The van der Waals surface area contributed by atoms with Crippen molar-refractivity contribution < 1.29 is 14.3 Å². The summed E-state index contributed by atoms with van der Waals surface area (Å²) in [6.45, 7) is 0. The second kappa shape index (κ2) is 7.00. The van der Waals surface area contributed by atoms with E-state index < -0.39 is 0 Å². The molecule has 6 nitrogen and oxygen atoms in total. The first-order chi connectivity index (χ1) is 14.2. The predicted molar refractivity (Wildman–Crippen MR) is 112 cm³/mol. The van der Waals surface area contributed by atoms with Gasteiger partial charge in [0, 0.05) is 6.42 Å². The molecule has 4 aromatic rings. The molecule has 2 aromatic carbocycles. The fourth-order valence-corrected chi connectivity index (χ4v) is 4.85. The fourth-order valence-electron chi connectivity index (χ4n) is 3.90. The molecule has 0 radical (unpaired) electrons. The summed E-state index contributed by atoms with van der Waals surface area (Å²) in [6.07, 6.45) is 2.84. The van der Waals surface area contributed by atoms with Crippen LogP contribution in [-0.2, 0) is 6.42 Å². The van der Waals surface area contributed by atoms with E-state index in [0.29, 0.717) is 29.9 Å². The lowest BCUT2D eigenvalue weighted by Gasteiger charge is -2.23. The highest BCUT2D eigenvalue weighted by atomic mass is 32.1. The maximum Gasteiger partial charge on any atom is 0.211 e. The molecule has 0 N–H and O–H groups in total. The number of carbonyl (C=O) groups excluding carboxylic acids is 1. The van der Waals surface area contributed by atoms with Gasteiger partial charge in [-0.25, -0.2) is 9.67 Å². The van der Waals surface area contributed by atoms with Crippen LogP contribution in [0.1, 0.15) is 34.0 Å². The van der Waals surface area contributed by atoms with Crippen molar-refractivity contribution in [3.63, 3.8) is 0 Å². The number of ketones is 1. The molecule has 0 saturated carbocycles. The van der Waals surface area contributed by atoms with Gasteiger partial charge in [0.25, 0.3) is 0 Å². The first kappa shape index (κ1) is 17.9. The number of methoxy groups -OCH3 is 2. The van der Waals surface area contributed by atoms with Gasteiger partial charge in [-0.1, -0.05) is 29.5 Å². The molecule has 0 aliphatic heterocycles. The van der Waals surface area contributed by atoms with Crippen LogP contribution in [-0.4, -0.2) is 34.8 Å². The van der Waals surface area contributed by atoms with Gasteiger partial charge in [-0.05, 0) is 42.2 Å². The van der Waals surface area contributed by atoms with Crippen LogP contribution >= 0.6 is 11.3 Å². The molecule has 2 aromatic heterocycles. The van der Waals surface area contributed by atoms with Crippen LogP contribution in [0, 0.1) is 0 Å². The van der Waals surface area contributed by atoms with Crippen molar-refractivity contribution in [3.05, 3.63) is 65.5 Å². The van der Waals surface area contributed by atoms with E-state index in [1.54, 1.807) is 31.8 Å². The average Bonchev–Trinajstić information content (AvgIpc) is 3.37. The van der Waals surface area contributed by atoms with Crippen LogP contribution < -0.4 is 9.47 Å². The molecule has 1 aliphatic carbocycles. The van der Waals surface area contributed by atoms with Gasteiger partial charge in [0.2, 0.25) is 5.13 Å². The Hall–Kier alpha value is -3.19. The Morgan fingerprint density at radius 3 is 2.69 bits per heavy atom. The molecule has 2 heterocycles. The minimum atomic E-state index is 0.0552. The highest BCUT2D eigenvalue weighted by Gasteiger charge is 2.31.